The van der Waals surface area contributed by atoms with Gasteiger partial charge in [0, 0.05) is 5.69 Å². The van der Waals surface area contributed by atoms with Crippen LogP contribution in [0.15, 0.2) is 35.7 Å². The van der Waals surface area contributed by atoms with Gasteiger partial charge in [-0.15, -0.1) is 11.3 Å². The quantitative estimate of drug-likeness (QED) is 0.902. The first-order valence-electron chi connectivity index (χ1n) is 5.32. The van der Waals surface area contributed by atoms with Crippen LogP contribution in [0.5, 0.6) is 0 Å². The Morgan fingerprint density at radius 2 is 1.84 bits per heavy atom. The molecule has 0 unspecified atom stereocenters. The van der Waals surface area contributed by atoms with Crippen molar-refractivity contribution in [3.8, 4) is 11.1 Å². The summed E-state index contributed by atoms with van der Waals surface area (Å²) in [6, 6.07) is 8.60. The summed E-state index contributed by atoms with van der Waals surface area (Å²) in [4.78, 5) is 11.5. The van der Waals surface area contributed by atoms with Gasteiger partial charge >= 0.3 is 0 Å². The van der Waals surface area contributed by atoms with E-state index >= 15 is 0 Å². The largest absolute Gasteiger partial charge is 0.365 e. The van der Waals surface area contributed by atoms with Gasteiger partial charge in [-0.25, -0.2) is 8.42 Å². The zero-order valence-electron chi connectivity index (χ0n) is 10.1. The molecule has 1 amide bonds. The summed E-state index contributed by atoms with van der Waals surface area (Å²) < 4.78 is 24.5. The number of nitrogens with one attached hydrogen (secondary N) is 1. The Morgan fingerprint density at radius 3 is 2.32 bits per heavy atom. The topological polar surface area (TPSA) is 89.3 Å². The maximum absolute atomic E-state index is 11.1. The molecule has 0 spiro atoms. The van der Waals surface area contributed by atoms with Crippen molar-refractivity contribution in [3.63, 3.8) is 0 Å². The summed E-state index contributed by atoms with van der Waals surface area (Å²) in [5.74, 6) is -0.452. The molecule has 2 rings (SSSR count). The summed E-state index contributed by atoms with van der Waals surface area (Å²) in [6.45, 7) is 0. The van der Waals surface area contributed by atoms with Gasteiger partial charge in [0.15, 0.2) is 0 Å². The lowest BCUT2D eigenvalue weighted by atomic mass is 10.1. The highest BCUT2D eigenvalue weighted by molar-refractivity contribution is 7.92. The zero-order chi connectivity index (χ0) is 14.0. The Bertz CT molecular complexity index is 703. The fourth-order valence-electron chi connectivity index (χ4n) is 1.56. The van der Waals surface area contributed by atoms with Crippen LogP contribution in [0.2, 0.25) is 0 Å². The number of carbonyl (C=O) groups excluding carboxylic acids is 1. The Labute approximate surface area is 115 Å². The number of anilines is 1. The average Bonchev–Trinajstić information content (AvgIpc) is 2.77. The SMILES string of the molecule is CS(=O)(=O)Nc1ccc(-c2csc(C(N)=O)c2)cc1. The second-order valence-electron chi connectivity index (χ2n) is 4.02. The van der Waals surface area contributed by atoms with Gasteiger partial charge in [0.2, 0.25) is 10.0 Å². The van der Waals surface area contributed by atoms with Crippen LogP contribution in [0.25, 0.3) is 11.1 Å². The molecule has 0 radical (unpaired) electrons. The highest BCUT2D eigenvalue weighted by atomic mass is 32.2. The molecule has 3 N–H and O–H groups in total. The Balaban J connectivity index is 2.24. The molecule has 0 aliphatic carbocycles. The van der Waals surface area contributed by atoms with Gasteiger partial charge in [-0.1, -0.05) is 12.1 Å². The minimum atomic E-state index is -3.27. The van der Waals surface area contributed by atoms with E-state index in [4.69, 9.17) is 5.73 Å². The third-order valence-electron chi connectivity index (χ3n) is 2.36. The van der Waals surface area contributed by atoms with Crippen molar-refractivity contribution in [3.05, 3.63) is 40.6 Å². The molecule has 19 heavy (non-hydrogen) atoms. The molecule has 1 aromatic carbocycles. The minimum absolute atomic E-state index is 0.452. The van der Waals surface area contributed by atoms with Crippen LogP contribution in [0.4, 0.5) is 5.69 Å². The average molecular weight is 296 g/mol. The Morgan fingerprint density at radius 1 is 1.21 bits per heavy atom. The van der Waals surface area contributed by atoms with Gasteiger partial charge in [0.05, 0.1) is 11.1 Å². The van der Waals surface area contributed by atoms with Gasteiger partial charge in [0.1, 0.15) is 0 Å². The predicted octanol–water partition coefficient (Wildman–Crippen LogP) is 1.89. The molecule has 0 saturated heterocycles. The van der Waals surface area contributed by atoms with E-state index in [1.807, 2.05) is 5.38 Å². The van der Waals surface area contributed by atoms with E-state index in [-0.39, 0.29) is 0 Å². The number of benzene rings is 1. The predicted molar refractivity (Wildman–Crippen MR) is 76.7 cm³/mol. The number of rotatable bonds is 4. The molecule has 0 aliphatic heterocycles. The molecule has 7 heteroatoms. The third-order valence-corrected chi connectivity index (χ3v) is 3.92. The van der Waals surface area contributed by atoms with Crippen LogP contribution in [-0.4, -0.2) is 20.6 Å². The lowest BCUT2D eigenvalue weighted by Crippen LogP contribution is -2.09. The number of nitrogens with two attached hydrogens (primary N) is 1. The van der Waals surface area contributed by atoms with E-state index in [2.05, 4.69) is 4.72 Å². The van der Waals surface area contributed by atoms with Crippen LogP contribution in [0.3, 0.4) is 0 Å². The lowest BCUT2D eigenvalue weighted by molar-refractivity contribution is 0.100. The molecule has 0 atom stereocenters. The standard InChI is InChI=1S/C12H12N2O3S2/c1-19(16,17)14-10-4-2-8(3-5-10)9-6-11(12(13)15)18-7-9/h2-7,14H,1H3,(H2,13,15). The van der Waals surface area contributed by atoms with E-state index in [1.165, 1.54) is 11.3 Å². The van der Waals surface area contributed by atoms with Crippen LogP contribution >= 0.6 is 11.3 Å². The van der Waals surface area contributed by atoms with Crippen molar-refractivity contribution in [1.82, 2.24) is 0 Å². The fourth-order valence-corrected chi connectivity index (χ4v) is 2.90. The normalized spacial score (nSPS) is 11.2. The molecule has 100 valence electrons. The van der Waals surface area contributed by atoms with Crippen molar-refractivity contribution < 1.29 is 13.2 Å². The smallest absolute Gasteiger partial charge is 0.258 e. The van der Waals surface area contributed by atoms with Crippen LogP contribution in [-0.2, 0) is 10.0 Å². The van der Waals surface area contributed by atoms with Crippen molar-refractivity contribution in [2.45, 2.75) is 0 Å². The van der Waals surface area contributed by atoms with Crippen LogP contribution < -0.4 is 10.5 Å². The number of hydrogen-bond donors (Lipinski definition) is 2. The molecular formula is C12H12N2O3S2. The minimum Gasteiger partial charge on any atom is -0.365 e. The second-order valence-corrected chi connectivity index (χ2v) is 6.68. The first-order valence-corrected chi connectivity index (χ1v) is 8.09. The van der Waals surface area contributed by atoms with Gasteiger partial charge in [0.25, 0.3) is 5.91 Å². The van der Waals surface area contributed by atoms with Crippen LogP contribution in [0.1, 0.15) is 9.67 Å². The van der Waals surface area contributed by atoms with Gasteiger partial charge in [-0.3, -0.25) is 9.52 Å². The molecule has 5 nitrogen and oxygen atoms in total. The maximum atomic E-state index is 11.1. The van der Waals surface area contributed by atoms with E-state index in [9.17, 15) is 13.2 Å². The van der Waals surface area contributed by atoms with Crippen molar-refractivity contribution in [2.75, 3.05) is 11.0 Å². The van der Waals surface area contributed by atoms with Gasteiger partial charge in [-0.05, 0) is 34.7 Å². The Kier molecular flexibility index (Phi) is 3.59. The van der Waals surface area contributed by atoms with Gasteiger partial charge in [-0.2, -0.15) is 0 Å². The van der Waals surface area contributed by atoms with E-state index in [0.717, 1.165) is 17.4 Å². The summed E-state index contributed by atoms with van der Waals surface area (Å²) in [6.07, 6.45) is 1.10. The fraction of sp³-hybridized carbons (Fsp3) is 0.0833. The molecule has 0 aliphatic rings. The van der Waals surface area contributed by atoms with E-state index in [1.54, 1.807) is 30.3 Å². The zero-order valence-corrected chi connectivity index (χ0v) is 11.7. The molecule has 1 aromatic heterocycles. The molecule has 0 saturated carbocycles. The van der Waals surface area contributed by atoms with Crippen molar-refractivity contribution in [2.24, 2.45) is 5.73 Å². The molecular weight excluding hydrogens is 284 g/mol. The monoisotopic (exact) mass is 296 g/mol. The summed E-state index contributed by atoms with van der Waals surface area (Å²) in [7, 11) is -3.27. The summed E-state index contributed by atoms with van der Waals surface area (Å²) in [5, 5.41) is 1.83. The van der Waals surface area contributed by atoms with Crippen molar-refractivity contribution >= 4 is 33.0 Å². The van der Waals surface area contributed by atoms with Gasteiger partial charge < -0.3 is 5.73 Å². The van der Waals surface area contributed by atoms with Crippen LogP contribution in [0, 0.1) is 0 Å². The second kappa shape index (κ2) is 5.02. The highest BCUT2D eigenvalue weighted by Crippen LogP contribution is 2.26. The first-order chi connectivity index (χ1) is 8.85. The molecule has 0 fully saturated rings. The molecule has 0 bridgehead atoms. The summed E-state index contributed by atoms with van der Waals surface area (Å²) in [5.41, 5.74) is 7.46. The van der Waals surface area contributed by atoms with E-state index in [0.29, 0.717) is 10.6 Å². The van der Waals surface area contributed by atoms with Crippen molar-refractivity contribution in [1.29, 1.82) is 0 Å². The lowest BCUT2D eigenvalue weighted by Gasteiger charge is -2.04. The molecule has 1 heterocycles. The van der Waals surface area contributed by atoms with E-state index < -0.39 is 15.9 Å². The third kappa shape index (κ3) is 3.55. The Hall–Kier alpha value is -1.86. The number of primary amides is 1. The number of hydrogen-bond acceptors (Lipinski definition) is 4. The molecule has 2 aromatic rings. The maximum Gasteiger partial charge on any atom is 0.258 e. The number of carbonyl (C=O) groups is 1. The summed E-state index contributed by atoms with van der Waals surface area (Å²) >= 11 is 1.28. The number of amides is 1. The number of sulfonamides is 1. The first kappa shape index (κ1) is 13.6. The number of thiophene rings is 1. The highest BCUT2D eigenvalue weighted by Gasteiger charge is 2.07.